The summed E-state index contributed by atoms with van der Waals surface area (Å²) >= 11 is 2.02. The van der Waals surface area contributed by atoms with Crippen LogP contribution in [0.2, 0.25) is 0 Å². The number of nitrogens with zero attached hydrogens (tertiary/aromatic N) is 2. The van der Waals surface area contributed by atoms with Crippen molar-refractivity contribution in [2.24, 2.45) is 0 Å². The number of carbonyl (C=O) groups is 1. The highest BCUT2D eigenvalue weighted by Crippen LogP contribution is 2.32. The molecule has 0 aliphatic carbocycles. The van der Waals surface area contributed by atoms with Crippen molar-refractivity contribution in [3.8, 4) is 0 Å². The molecule has 0 fully saturated rings. The number of thioether (sulfide) groups is 1. The lowest BCUT2D eigenvalue weighted by atomic mass is 10.3. The normalized spacial score (nSPS) is 12.7. The van der Waals surface area contributed by atoms with Crippen molar-refractivity contribution in [3.05, 3.63) is 53.5 Å². The topological polar surface area (TPSA) is 45.2 Å². The predicted molar refractivity (Wildman–Crippen MR) is 108 cm³/mol. The van der Waals surface area contributed by atoms with Crippen molar-refractivity contribution >= 4 is 44.9 Å². The number of rotatable bonds is 7. The first-order valence-corrected chi connectivity index (χ1v) is 10.0. The van der Waals surface area contributed by atoms with E-state index in [0.29, 0.717) is 22.3 Å². The Hall–Kier alpha value is -2.03. The number of anilines is 1. The first-order valence-electron chi connectivity index (χ1n) is 8.33. The average molecular weight is 408 g/mol. The quantitative estimate of drug-likeness (QED) is 0.544. The average Bonchev–Trinajstić information content (AvgIpc) is 3.06. The van der Waals surface area contributed by atoms with Gasteiger partial charge < -0.3 is 5.32 Å². The van der Waals surface area contributed by atoms with E-state index < -0.39 is 5.76 Å². The molecule has 0 aliphatic heterocycles. The lowest BCUT2D eigenvalue weighted by Crippen LogP contribution is -2.32. The van der Waals surface area contributed by atoms with Gasteiger partial charge in [-0.05, 0) is 38.2 Å². The Kier molecular flexibility index (Phi) is 6.41. The molecular formula is C19H19F2N3OS2. The largest absolute Gasteiger partial charge is 0.324 e. The van der Waals surface area contributed by atoms with Gasteiger partial charge in [-0.2, -0.15) is 8.78 Å². The minimum atomic E-state index is -2.54. The van der Waals surface area contributed by atoms with Crippen LogP contribution in [-0.2, 0) is 4.79 Å². The Morgan fingerprint density at radius 1 is 1.22 bits per heavy atom. The summed E-state index contributed by atoms with van der Waals surface area (Å²) in [5.41, 5.74) is 1.34. The second kappa shape index (κ2) is 8.77. The van der Waals surface area contributed by atoms with Crippen molar-refractivity contribution < 1.29 is 13.6 Å². The third-order valence-corrected chi connectivity index (χ3v) is 6.09. The van der Waals surface area contributed by atoms with Gasteiger partial charge in [0.2, 0.25) is 5.91 Å². The van der Waals surface area contributed by atoms with Gasteiger partial charge in [0.1, 0.15) is 5.01 Å². The van der Waals surface area contributed by atoms with Crippen LogP contribution >= 0.6 is 23.1 Å². The predicted octanol–water partition coefficient (Wildman–Crippen LogP) is 5.24. The maximum atomic E-state index is 12.7. The zero-order valence-corrected chi connectivity index (χ0v) is 16.5. The lowest BCUT2D eigenvalue weighted by Gasteiger charge is -2.22. The van der Waals surface area contributed by atoms with E-state index in [0.717, 1.165) is 15.2 Å². The van der Waals surface area contributed by atoms with Gasteiger partial charge in [0.05, 0.1) is 28.5 Å². The number of aromatic nitrogens is 1. The van der Waals surface area contributed by atoms with Crippen LogP contribution in [0.1, 0.15) is 18.0 Å². The Morgan fingerprint density at radius 3 is 2.67 bits per heavy atom. The molecule has 1 N–H and O–H groups in total. The molecule has 2 aromatic carbocycles. The third kappa shape index (κ3) is 5.03. The molecule has 27 heavy (non-hydrogen) atoms. The van der Waals surface area contributed by atoms with Crippen LogP contribution in [0.5, 0.6) is 0 Å². The van der Waals surface area contributed by atoms with E-state index in [9.17, 15) is 13.6 Å². The summed E-state index contributed by atoms with van der Waals surface area (Å²) in [5, 5.41) is 3.66. The molecule has 3 aromatic rings. The van der Waals surface area contributed by atoms with Crippen molar-refractivity contribution in [3.63, 3.8) is 0 Å². The van der Waals surface area contributed by atoms with Gasteiger partial charge in [-0.25, -0.2) is 4.98 Å². The standard InChI is InChI=1S/C19H19F2N3OS2/c1-12(18-23-14-8-4-5-9-15(14)26-18)24(2)11-17(25)22-13-7-3-6-10-16(13)27-19(20)21/h3-10,12,19H,11H2,1-2H3,(H,22,25)/t12-/m1/s1. The number of benzene rings is 2. The molecule has 1 atom stereocenters. The SMILES string of the molecule is C[C@H](c1nc2ccccc2s1)N(C)CC(=O)Nc1ccccc1SC(F)F. The number of hydrogen-bond donors (Lipinski definition) is 1. The molecule has 142 valence electrons. The summed E-state index contributed by atoms with van der Waals surface area (Å²) in [6.07, 6.45) is 0. The van der Waals surface area contributed by atoms with Crippen LogP contribution in [-0.4, -0.2) is 35.1 Å². The summed E-state index contributed by atoms with van der Waals surface area (Å²) in [6.45, 7) is 2.12. The van der Waals surface area contributed by atoms with E-state index in [-0.39, 0.29) is 18.5 Å². The lowest BCUT2D eigenvalue weighted by molar-refractivity contribution is -0.117. The molecular weight excluding hydrogens is 388 g/mol. The van der Waals surface area contributed by atoms with Crippen LogP contribution in [0.4, 0.5) is 14.5 Å². The van der Waals surface area contributed by atoms with Gasteiger partial charge in [0, 0.05) is 4.90 Å². The number of carbonyl (C=O) groups excluding carboxylic acids is 1. The van der Waals surface area contributed by atoms with Crippen LogP contribution in [0, 0.1) is 0 Å². The Morgan fingerprint density at radius 2 is 1.93 bits per heavy atom. The van der Waals surface area contributed by atoms with Gasteiger partial charge in [-0.1, -0.05) is 36.0 Å². The minimum absolute atomic E-state index is 0.0427. The monoisotopic (exact) mass is 407 g/mol. The summed E-state index contributed by atoms with van der Waals surface area (Å²) in [6, 6.07) is 14.4. The van der Waals surface area contributed by atoms with Gasteiger partial charge in [-0.15, -0.1) is 11.3 Å². The van der Waals surface area contributed by atoms with Gasteiger partial charge in [0.15, 0.2) is 0 Å². The molecule has 0 radical (unpaired) electrons. The Balaban J connectivity index is 1.65. The van der Waals surface area contributed by atoms with E-state index in [1.807, 2.05) is 43.1 Å². The van der Waals surface area contributed by atoms with Crippen molar-refractivity contribution in [2.75, 3.05) is 18.9 Å². The molecule has 1 amide bonds. The molecule has 0 bridgehead atoms. The molecule has 4 nitrogen and oxygen atoms in total. The molecule has 1 heterocycles. The summed E-state index contributed by atoms with van der Waals surface area (Å²) < 4.78 is 26.4. The Bertz CT molecular complexity index is 899. The number of thiazole rings is 1. The highest BCUT2D eigenvalue weighted by molar-refractivity contribution is 7.99. The highest BCUT2D eigenvalue weighted by atomic mass is 32.2. The molecule has 3 rings (SSSR count). The van der Waals surface area contributed by atoms with Crippen LogP contribution < -0.4 is 5.32 Å². The number of nitrogens with one attached hydrogen (secondary N) is 1. The molecule has 0 spiro atoms. The maximum Gasteiger partial charge on any atom is 0.288 e. The summed E-state index contributed by atoms with van der Waals surface area (Å²) in [7, 11) is 1.84. The zero-order valence-electron chi connectivity index (χ0n) is 14.9. The fourth-order valence-corrected chi connectivity index (χ4v) is 4.26. The fraction of sp³-hybridized carbons (Fsp3) is 0.263. The van der Waals surface area contributed by atoms with E-state index in [1.54, 1.807) is 35.6 Å². The number of halogens is 2. The fourth-order valence-electron chi connectivity index (χ4n) is 2.58. The number of amides is 1. The first-order chi connectivity index (χ1) is 12.9. The number of fused-ring (bicyclic) bond motifs is 1. The second-order valence-corrected chi connectivity index (χ2v) is 8.13. The first kappa shape index (κ1) is 19.7. The molecule has 0 saturated heterocycles. The molecule has 0 saturated carbocycles. The van der Waals surface area contributed by atoms with E-state index >= 15 is 0 Å². The summed E-state index contributed by atoms with van der Waals surface area (Å²) in [5.74, 6) is -2.79. The van der Waals surface area contributed by atoms with Gasteiger partial charge in [0.25, 0.3) is 5.76 Å². The van der Waals surface area contributed by atoms with E-state index in [1.165, 1.54) is 0 Å². The second-order valence-electron chi connectivity index (χ2n) is 6.03. The number of likely N-dealkylation sites (N-methyl/N-ethyl adjacent to an activating group) is 1. The van der Waals surface area contributed by atoms with E-state index in [4.69, 9.17) is 0 Å². The third-order valence-electron chi connectivity index (χ3n) is 4.10. The molecule has 8 heteroatoms. The maximum absolute atomic E-state index is 12.7. The molecule has 0 unspecified atom stereocenters. The van der Waals surface area contributed by atoms with Crippen molar-refractivity contribution in [1.29, 1.82) is 0 Å². The number of para-hydroxylation sites is 2. The van der Waals surface area contributed by atoms with Crippen LogP contribution in [0.25, 0.3) is 10.2 Å². The van der Waals surface area contributed by atoms with Crippen molar-refractivity contribution in [1.82, 2.24) is 9.88 Å². The highest BCUT2D eigenvalue weighted by Gasteiger charge is 2.19. The number of hydrogen-bond acceptors (Lipinski definition) is 5. The smallest absolute Gasteiger partial charge is 0.288 e. The van der Waals surface area contributed by atoms with Crippen LogP contribution in [0.15, 0.2) is 53.4 Å². The van der Waals surface area contributed by atoms with Crippen LogP contribution in [0.3, 0.4) is 0 Å². The van der Waals surface area contributed by atoms with E-state index in [2.05, 4.69) is 10.3 Å². The molecule has 0 aliphatic rings. The molecule has 1 aromatic heterocycles. The Labute approximate surface area is 164 Å². The van der Waals surface area contributed by atoms with Gasteiger partial charge in [-0.3, -0.25) is 9.69 Å². The van der Waals surface area contributed by atoms with Gasteiger partial charge >= 0.3 is 0 Å². The minimum Gasteiger partial charge on any atom is -0.324 e. The zero-order chi connectivity index (χ0) is 19.4. The van der Waals surface area contributed by atoms with Crippen molar-refractivity contribution in [2.45, 2.75) is 23.6 Å². The summed E-state index contributed by atoms with van der Waals surface area (Å²) in [4.78, 5) is 19.3. The number of alkyl halides is 2.